The highest BCUT2D eigenvalue weighted by molar-refractivity contribution is 7.90. The van der Waals surface area contributed by atoms with Gasteiger partial charge in [-0.05, 0) is 48.8 Å². The van der Waals surface area contributed by atoms with Crippen LogP contribution in [0.5, 0.6) is 0 Å². The first-order valence-corrected chi connectivity index (χ1v) is 9.42. The fraction of sp³-hybridized carbons (Fsp3) is 0.294. The van der Waals surface area contributed by atoms with Gasteiger partial charge < -0.3 is 15.3 Å². The predicted molar refractivity (Wildman–Crippen MR) is 95.6 cm³/mol. The summed E-state index contributed by atoms with van der Waals surface area (Å²) in [5, 5.41) is 12.2. The standard InChI is InChI=1S/C17H19N3O4S/c1-11-8-12(2)15(9-13(11)10-21)18-17(22)14-4-3-5-20-6-7-25(23,24)19-16(14)20/h3-5,8-9,21H,6-7,10H2,1-2H3,(H,18,22). The normalized spacial score (nSPS) is 18.3. The van der Waals surface area contributed by atoms with Crippen molar-refractivity contribution >= 4 is 27.5 Å². The number of fused-ring (bicyclic) bond motifs is 1. The van der Waals surface area contributed by atoms with Gasteiger partial charge in [-0.3, -0.25) is 4.79 Å². The molecule has 0 spiro atoms. The third-order valence-electron chi connectivity index (χ3n) is 4.20. The van der Waals surface area contributed by atoms with Gasteiger partial charge in [0, 0.05) is 18.4 Å². The molecule has 25 heavy (non-hydrogen) atoms. The van der Waals surface area contributed by atoms with E-state index < -0.39 is 15.9 Å². The Morgan fingerprint density at radius 1 is 1.32 bits per heavy atom. The molecule has 1 aromatic carbocycles. The van der Waals surface area contributed by atoms with Crippen LogP contribution in [0.3, 0.4) is 0 Å². The Morgan fingerprint density at radius 2 is 2.08 bits per heavy atom. The number of allylic oxidation sites excluding steroid dienone is 2. The van der Waals surface area contributed by atoms with E-state index in [1.54, 1.807) is 29.3 Å². The van der Waals surface area contributed by atoms with Crippen LogP contribution in [0.25, 0.3) is 0 Å². The number of nitrogens with one attached hydrogen (secondary N) is 1. The van der Waals surface area contributed by atoms with Crippen LogP contribution in [0.15, 0.2) is 40.5 Å². The number of rotatable bonds is 3. The number of nitrogens with zero attached hydrogens (tertiary/aromatic N) is 2. The summed E-state index contributed by atoms with van der Waals surface area (Å²) >= 11 is 0. The summed E-state index contributed by atoms with van der Waals surface area (Å²) in [6.45, 7) is 3.88. The van der Waals surface area contributed by atoms with Gasteiger partial charge in [-0.2, -0.15) is 0 Å². The summed E-state index contributed by atoms with van der Waals surface area (Å²) in [6.07, 6.45) is 4.93. The lowest BCUT2D eigenvalue weighted by Gasteiger charge is -2.28. The number of aryl methyl sites for hydroxylation is 2. The number of sulfonamides is 1. The third kappa shape index (κ3) is 3.49. The summed E-state index contributed by atoms with van der Waals surface area (Å²) in [5.74, 6) is -0.383. The minimum absolute atomic E-state index is 0.0767. The monoisotopic (exact) mass is 361 g/mol. The lowest BCUT2D eigenvalue weighted by Crippen LogP contribution is -2.40. The molecule has 0 fully saturated rings. The van der Waals surface area contributed by atoms with E-state index in [-0.39, 0.29) is 30.3 Å². The van der Waals surface area contributed by atoms with Gasteiger partial charge in [0.25, 0.3) is 15.9 Å². The number of aliphatic hydroxyl groups is 1. The molecule has 3 rings (SSSR count). The first kappa shape index (κ1) is 17.4. The molecule has 0 bridgehead atoms. The zero-order valence-electron chi connectivity index (χ0n) is 14.0. The van der Waals surface area contributed by atoms with Gasteiger partial charge in [0.05, 0.1) is 17.9 Å². The number of amidine groups is 1. The fourth-order valence-electron chi connectivity index (χ4n) is 2.79. The average molecular weight is 361 g/mol. The second kappa shape index (κ2) is 6.45. The number of hydrogen-bond acceptors (Lipinski definition) is 5. The second-order valence-electron chi connectivity index (χ2n) is 6.02. The first-order valence-electron chi connectivity index (χ1n) is 7.81. The molecule has 0 saturated carbocycles. The quantitative estimate of drug-likeness (QED) is 0.844. The Bertz CT molecular complexity index is 929. The smallest absolute Gasteiger partial charge is 0.259 e. The molecule has 2 aliphatic rings. The molecule has 1 amide bonds. The number of hydrogen-bond donors (Lipinski definition) is 2. The van der Waals surface area contributed by atoms with Gasteiger partial charge in [0.2, 0.25) is 0 Å². The lowest BCUT2D eigenvalue weighted by atomic mass is 10.0. The number of carbonyl (C=O) groups is 1. The van der Waals surface area contributed by atoms with E-state index >= 15 is 0 Å². The van der Waals surface area contributed by atoms with E-state index in [4.69, 9.17) is 0 Å². The van der Waals surface area contributed by atoms with Crippen molar-refractivity contribution in [2.24, 2.45) is 4.40 Å². The van der Waals surface area contributed by atoms with Crippen molar-refractivity contribution in [3.05, 3.63) is 52.7 Å². The number of amides is 1. The molecule has 132 valence electrons. The van der Waals surface area contributed by atoms with Gasteiger partial charge in [0.15, 0.2) is 5.84 Å². The van der Waals surface area contributed by atoms with E-state index in [0.717, 1.165) is 16.7 Å². The van der Waals surface area contributed by atoms with Crippen molar-refractivity contribution in [2.75, 3.05) is 17.6 Å². The van der Waals surface area contributed by atoms with E-state index in [2.05, 4.69) is 9.71 Å². The van der Waals surface area contributed by atoms with Crippen molar-refractivity contribution in [3.8, 4) is 0 Å². The van der Waals surface area contributed by atoms with E-state index in [1.165, 1.54) is 0 Å². The maximum atomic E-state index is 12.7. The molecule has 2 N–H and O–H groups in total. The number of benzene rings is 1. The highest BCUT2D eigenvalue weighted by atomic mass is 32.2. The van der Waals surface area contributed by atoms with Gasteiger partial charge in [0.1, 0.15) is 0 Å². The first-order chi connectivity index (χ1) is 11.8. The topological polar surface area (TPSA) is 99.1 Å². The summed E-state index contributed by atoms with van der Waals surface area (Å²) in [5.41, 5.74) is 3.27. The molecular formula is C17H19N3O4S. The van der Waals surface area contributed by atoms with Crippen LogP contribution < -0.4 is 5.32 Å². The van der Waals surface area contributed by atoms with Crippen LogP contribution in [0.2, 0.25) is 0 Å². The Morgan fingerprint density at radius 3 is 2.80 bits per heavy atom. The Hall–Kier alpha value is -2.45. The molecular weight excluding hydrogens is 342 g/mol. The second-order valence-corrected chi connectivity index (χ2v) is 7.78. The Balaban J connectivity index is 1.92. The van der Waals surface area contributed by atoms with Crippen LogP contribution >= 0.6 is 0 Å². The zero-order chi connectivity index (χ0) is 18.2. The Labute approximate surface area is 146 Å². The minimum atomic E-state index is -3.56. The summed E-state index contributed by atoms with van der Waals surface area (Å²) in [7, 11) is -3.56. The van der Waals surface area contributed by atoms with Gasteiger partial charge in [-0.1, -0.05) is 6.07 Å². The van der Waals surface area contributed by atoms with Crippen LogP contribution in [0.1, 0.15) is 16.7 Å². The maximum absolute atomic E-state index is 12.7. The number of aliphatic hydroxyl groups excluding tert-OH is 1. The molecule has 0 atom stereocenters. The largest absolute Gasteiger partial charge is 0.392 e. The van der Waals surface area contributed by atoms with Gasteiger partial charge in [-0.25, -0.2) is 8.42 Å². The molecule has 2 aliphatic heterocycles. The average Bonchev–Trinajstić information content (AvgIpc) is 2.55. The third-order valence-corrected chi connectivity index (χ3v) is 5.35. The van der Waals surface area contributed by atoms with Gasteiger partial charge in [-0.15, -0.1) is 4.40 Å². The van der Waals surface area contributed by atoms with Crippen molar-refractivity contribution in [2.45, 2.75) is 20.5 Å². The van der Waals surface area contributed by atoms with Crippen LogP contribution in [0, 0.1) is 13.8 Å². The predicted octanol–water partition coefficient (Wildman–Crippen LogP) is 1.23. The SMILES string of the molecule is Cc1cc(C)c(NC(=O)C2=CC=CN3CCS(=O)(=O)N=C23)cc1CO. The van der Waals surface area contributed by atoms with Crippen LogP contribution in [-0.2, 0) is 21.4 Å². The maximum Gasteiger partial charge on any atom is 0.259 e. The molecule has 0 aromatic heterocycles. The van der Waals surface area contributed by atoms with Crippen molar-refractivity contribution < 1.29 is 18.3 Å². The fourth-order valence-corrected chi connectivity index (χ4v) is 3.77. The van der Waals surface area contributed by atoms with Crippen LogP contribution in [0.4, 0.5) is 5.69 Å². The number of carbonyl (C=O) groups excluding carboxylic acids is 1. The Kier molecular flexibility index (Phi) is 4.49. The molecule has 7 nitrogen and oxygen atoms in total. The molecule has 2 heterocycles. The number of anilines is 1. The van der Waals surface area contributed by atoms with Crippen molar-refractivity contribution in [1.29, 1.82) is 0 Å². The van der Waals surface area contributed by atoms with Crippen molar-refractivity contribution in [1.82, 2.24) is 4.90 Å². The molecule has 0 aliphatic carbocycles. The van der Waals surface area contributed by atoms with Gasteiger partial charge >= 0.3 is 0 Å². The summed E-state index contributed by atoms with van der Waals surface area (Å²) in [6, 6.07) is 3.60. The summed E-state index contributed by atoms with van der Waals surface area (Å²) in [4.78, 5) is 14.3. The van der Waals surface area contributed by atoms with E-state index in [1.807, 2.05) is 19.9 Å². The van der Waals surface area contributed by atoms with E-state index in [9.17, 15) is 18.3 Å². The molecule has 0 unspecified atom stereocenters. The highest BCUT2D eigenvalue weighted by Crippen LogP contribution is 2.23. The molecule has 0 saturated heterocycles. The molecule has 1 aromatic rings. The lowest BCUT2D eigenvalue weighted by molar-refractivity contribution is -0.112. The summed E-state index contributed by atoms with van der Waals surface area (Å²) < 4.78 is 27.3. The minimum Gasteiger partial charge on any atom is -0.392 e. The molecule has 8 heteroatoms. The van der Waals surface area contributed by atoms with Crippen molar-refractivity contribution in [3.63, 3.8) is 0 Å². The zero-order valence-corrected chi connectivity index (χ0v) is 14.8. The highest BCUT2D eigenvalue weighted by Gasteiger charge is 2.30. The molecule has 0 radical (unpaired) electrons. The van der Waals surface area contributed by atoms with Crippen LogP contribution in [-0.4, -0.2) is 42.5 Å². The van der Waals surface area contributed by atoms with E-state index in [0.29, 0.717) is 5.69 Å².